The Morgan fingerprint density at radius 2 is 2.31 bits per heavy atom. The highest BCUT2D eigenvalue weighted by molar-refractivity contribution is 7.99. The molecule has 0 fully saturated rings. The highest BCUT2D eigenvalue weighted by Gasteiger charge is 2.15. The Bertz CT molecular complexity index is 515. The van der Waals surface area contributed by atoms with Gasteiger partial charge in [-0.1, -0.05) is 11.6 Å². The van der Waals surface area contributed by atoms with Gasteiger partial charge in [0, 0.05) is 0 Å². The van der Waals surface area contributed by atoms with Gasteiger partial charge in [-0.2, -0.15) is 0 Å². The van der Waals surface area contributed by atoms with Gasteiger partial charge in [-0.25, -0.2) is 14.8 Å². The lowest BCUT2D eigenvalue weighted by Crippen LogP contribution is -2.00. The van der Waals surface area contributed by atoms with Gasteiger partial charge in [0.2, 0.25) is 0 Å². The molecule has 1 N–H and O–H groups in total. The zero-order chi connectivity index (χ0) is 11.5. The Hall–Kier alpha value is -1.53. The number of aromatic carboxylic acids is 1. The van der Waals surface area contributed by atoms with E-state index in [9.17, 15) is 4.79 Å². The fourth-order valence-electron chi connectivity index (χ4n) is 1.00. The first-order chi connectivity index (χ1) is 7.66. The topological polar surface area (TPSA) is 76.2 Å². The Kier molecular flexibility index (Phi) is 3.12. The van der Waals surface area contributed by atoms with Crippen LogP contribution in [0, 0.1) is 0 Å². The molecule has 5 nitrogen and oxygen atoms in total. The van der Waals surface area contributed by atoms with E-state index in [1.807, 2.05) is 0 Å². The van der Waals surface area contributed by atoms with Crippen molar-refractivity contribution in [1.29, 1.82) is 0 Å². The Balaban J connectivity index is 2.38. The quantitative estimate of drug-likeness (QED) is 0.851. The van der Waals surface area contributed by atoms with E-state index >= 15 is 0 Å². The Labute approximate surface area is 99.5 Å². The van der Waals surface area contributed by atoms with Crippen LogP contribution < -0.4 is 0 Å². The third-order valence-corrected chi connectivity index (χ3v) is 2.74. The Morgan fingerprint density at radius 3 is 2.94 bits per heavy atom. The summed E-state index contributed by atoms with van der Waals surface area (Å²) < 4.78 is 4.99. The smallest absolute Gasteiger partial charge is 0.338 e. The molecule has 0 bridgehead atoms. The highest BCUT2D eigenvalue weighted by Crippen LogP contribution is 2.28. The minimum Gasteiger partial charge on any atom is -0.478 e. The van der Waals surface area contributed by atoms with Gasteiger partial charge in [-0.05, 0) is 23.9 Å². The lowest BCUT2D eigenvalue weighted by atomic mass is 10.3. The fraction of sp³-hybridized carbons (Fsp3) is 0. The number of hydrogen-bond acceptors (Lipinski definition) is 5. The number of carboxylic acids is 1. The van der Waals surface area contributed by atoms with Crippen LogP contribution in [-0.4, -0.2) is 21.0 Å². The van der Waals surface area contributed by atoms with Gasteiger partial charge in [0.05, 0.1) is 11.8 Å². The first-order valence-electron chi connectivity index (χ1n) is 4.14. The van der Waals surface area contributed by atoms with E-state index in [4.69, 9.17) is 21.1 Å². The summed E-state index contributed by atoms with van der Waals surface area (Å²) in [5, 5.41) is 9.73. The third kappa shape index (κ3) is 2.34. The second-order valence-electron chi connectivity index (χ2n) is 2.69. The fourth-order valence-corrected chi connectivity index (χ4v) is 1.99. The second kappa shape index (κ2) is 4.54. The maximum Gasteiger partial charge on any atom is 0.338 e. The molecule has 0 aliphatic heterocycles. The standard InChI is InChI=1S/C9H5ClN2O3S/c10-6-2-1-5(8(13)14)7(12-6)16-9-11-3-4-15-9/h1-4H,(H,13,14). The lowest BCUT2D eigenvalue weighted by molar-refractivity contribution is 0.0692. The summed E-state index contributed by atoms with van der Waals surface area (Å²) >= 11 is 6.70. The maximum atomic E-state index is 10.9. The SMILES string of the molecule is O=C(O)c1ccc(Cl)nc1Sc1ncco1. The first kappa shape index (κ1) is 11.0. The molecule has 0 spiro atoms. The van der Waals surface area contributed by atoms with E-state index in [0.29, 0.717) is 5.22 Å². The van der Waals surface area contributed by atoms with Crippen LogP contribution in [0.15, 0.2) is 39.3 Å². The lowest BCUT2D eigenvalue weighted by Gasteiger charge is -2.01. The summed E-state index contributed by atoms with van der Waals surface area (Å²) in [7, 11) is 0. The maximum absolute atomic E-state index is 10.9. The van der Waals surface area contributed by atoms with Crippen molar-refractivity contribution in [2.24, 2.45) is 0 Å². The summed E-state index contributed by atoms with van der Waals surface area (Å²) in [5.74, 6) is -1.07. The number of nitrogens with zero attached hydrogens (tertiary/aromatic N) is 2. The van der Waals surface area contributed by atoms with Crippen LogP contribution in [0.2, 0.25) is 5.15 Å². The summed E-state index contributed by atoms with van der Waals surface area (Å²) in [6.07, 6.45) is 2.86. The number of carboxylic acid groups (broad SMARTS) is 1. The largest absolute Gasteiger partial charge is 0.478 e. The van der Waals surface area contributed by atoms with Crippen molar-refractivity contribution in [3.8, 4) is 0 Å². The van der Waals surface area contributed by atoms with Crippen LogP contribution in [0.25, 0.3) is 0 Å². The van der Waals surface area contributed by atoms with E-state index in [0.717, 1.165) is 11.8 Å². The van der Waals surface area contributed by atoms with Crippen molar-refractivity contribution in [2.45, 2.75) is 10.2 Å². The van der Waals surface area contributed by atoms with Crippen molar-refractivity contribution in [3.05, 3.63) is 35.3 Å². The van der Waals surface area contributed by atoms with Crippen molar-refractivity contribution in [2.75, 3.05) is 0 Å². The van der Waals surface area contributed by atoms with Crippen LogP contribution in [0.1, 0.15) is 10.4 Å². The van der Waals surface area contributed by atoms with Gasteiger partial charge in [-0.3, -0.25) is 0 Å². The van der Waals surface area contributed by atoms with Crippen LogP contribution in [0.3, 0.4) is 0 Å². The second-order valence-corrected chi connectivity index (χ2v) is 4.02. The molecule has 0 saturated heterocycles. The number of carbonyl (C=O) groups is 1. The molecule has 0 aromatic carbocycles. The van der Waals surface area contributed by atoms with Crippen LogP contribution in [0.5, 0.6) is 0 Å². The van der Waals surface area contributed by atoms with Gasteiger partial charge < -0.3 is 9.52 Å². The average Bonchev–Trinajstić information content (AvgIpc) is 2.70. The van der Waals surface area contributed by atoms with Crippen LogP contribution in [0.4, 0.5) is 0 Å². The number of pyridine rings is 1. The molecule has 0 saturated carbocycles. The summed E-state index contributed by atoms with van der Waals surface area (Å²) in [4.78, 5) is 18.7. The molecular weight excluding hydrogens is 252 g/mol. The number of rotatable bonds is 3. The molecule has 2 heterocycles. The first-order valence-corrected chi connectivity index (χ1v) is 5.33. The molecule has 0 aliphatic carbocycles. The molecular formula is C9H5ClN2O3S. The van der Waals surface area contributed by atoms with Gasteiger partial charge in [0.25, 0.3) is 5.22 Å². The zero-order valence-electron chi connectivity index (χ0n) is 7.75. The molecule has 16 heavy (non-hydrogen) atoms. The molecule has 7 heteroatoms. The highest BCUT2D eigenvalue weighted by atomic mass is 35.5. The molecule has 0 amide bonds. The van der Waals surface area contributed by atoms with Crippen molar-refractivity contribution in [1.82, 2.24) is 9.97 Å². The van der Waals surface area contributed by atoms with Crippen LogP contribution in [-0.2, 0) is 0 Å². The third-order valence-electron chi connectivity index (χ3n) is 1.65. The van der Waals surface area contributed by atoms with E-state index in [-0.39, 0.29) is 15.7 Å². The van der Waals surface area contributed by atoms with E-state index < -0.39 is 5.97 Å². The van der Waals surface area contributed by atoms with Crippen molar-refractivity contribution >= 4 is 29.3 Å². The summed E-state index contributed by atoms with van der Waals surface area (Å²) in [6, 6.07) is 2.81. The normalized spacial score (nSPS) is 10.3. The van der Waals surface area contributed by atoms with E-state index in [1.165, 1.54) is 24.6 Å². The van der Waals surface area contributed by atoms with Gasteiger partial charge in [0.1, 0.15) is 16.4 Å². The van der Waals surface area contributed by atoms with Crippen molar-refractivity contribution < 1.29 is 14.3 Å². The number of hydrogen-bond donors (Lipinski definition) is 1. The summed E-state index contributed by atoms with van der Waals surface area (Å²) in [5.41, 5.74) is 0.0626. The van der Waals surface area contributed by atoms with Gasteiger partial charge in [-0.15, -0.1) is 0 Å². The molecule has 0 radical (unpaired) electrons. The van der Waals surface area contributed by atoms with E-state index in [1.54, 1.807) is 0 Å². The zero-order valence-corrected chi connectivity index (χ0v) is 9.33. The minimum atomic E-state index is -1.07. The average molecular weight is 257 g/mol. The van der Waals surface area contributed by atoms with Crippen LogP contribution >= 0.6 is 23.4 Å². The number of oxazole rings is 1. The predicted molar refractivity (Wildman–Crippen MR) is 56.8 cm³/mol. The molecule has 0 unspecified atom stereocenters. The summed E-state index contributed by atoms with van der Waals surface area (Å²) in [6.45, 7) is 0. The molecule has 2 aromatic heterocycles. The molecule has 0 atom stereocenters. The Morgan fingerprint density at radius 1 is 1.50 bits per heavy atom. The predicted octanol–water partition coefficient (Wildman–Crippen LogP) is 2.57. The minimum absolute atomic E-state index is 0.0626. The van der Waals surface area contributed by atoms with Gasteiger partial charge >= 0.3 is 5.97 Å². The van der Waals surface area contributed by atoms with E-state index in [2.05, 4.69) is 9.97 Å². The number of aromatic nitrogens is 2. The molecule has 82 valence electrons. The van der Waals surface area contributed by atoms with Gasteiger partial charge in [0.15, 0.2) is 0 Å². The van der Waals surface area contributed by atoms with Crippen molar-refractivity contribution in [3.63, 3.8) is 0 Å². The molecule has 2 rings (SSSR count). The molecule has 2 aromatic rings. The monoisotopic (exact) mass is 256 g/mol. The molecule has 0 aliphatic rings. The number of halogens is 1.